The highest BCUT2D eigenvalue weighted by atomic mass is 79.9. The van der Waals surface area contributed by atoms with Gasteiger partial charge in [0.05, 0.1) is 0 Å². The van der Waals surface area contributed by atoms with Gasteiger partial charge in [0, 0.05) is 13.6 Å². The molecule has 0 aromatic rings. The first-order chi connectivity index (χ1) is 5.14. The number of rotatable bonds is 1. The Hall–Kier alpha value is 0.437. The first kappa shape index (κ1) is 8.05. The molecular formula is C9H15BrSi. The molecule has 0 aromatic heterocycles. The number of allylic oxidation sites excluding steroid dienone is 2. The molecule has 0 N–H and O–H groups in total. The third kappa shape index (κ3) is 1.06. The van der Waals surface area contributed by atoms with Crippen LogP contribution in [0, 0.1) is 5.92 Å². The fourth-order valence-electron chi connectivity index (χ4n) is 2.47. The normalized spacial score (nSPS) is 47.6. The van der Waals surface area contributed by atoms with Crippen LogP contribution in [0.15, 0.2) is 12.2 Å². The monoisotopic (exact) mass is 230 g/mol. The number of fused-ring (bicyclic) bond motifs is 2. The van der Waals surface area contributed by atoms with E-state index in [1.807, 2.05) is 0 Å². The molecule has 11 heavy (non-hydrogen) atoms. The van der Waals surface area contributed by atoms with Crippen molar-refractivity contribution in [2.45, 2.75) is 35.8 Å². The number of hydrogen-bond donors (Lipinski definition) is 0. The van der Waals surface area contributed by atoms with Crippen LogP contribution in [0.4, 0.5) is 0 Å². The van der Waals surface area contributed by atoms with E-state index in [4.69, 9.17) is 0 Å². The zero-order valence-electron chi connectivity index (χ0n) is 7.18. The summed E-state index contributed by atoms with van der Waals surface area (Å²) >= 11 is 3.77. The van der Waals surface area contributed by atoms with Gasteiger partial charge in [-0.05, 0) is 23.8 Å². The Labute approximate surface area is 78.8 Å². The van der Waals surface area contributed by atoms with Crippen LogP contribution in [0.3, 0.4) is 0 Å². The van der Waals surface area contributed by atoms with E-state index in [2.05, 4.69) is 41.2 Å². The molecule has 62 valence electrons. The van der Waals surface area contributed by atoms with Crippen molar-refractivity contribution in [1.29, 1.82) is 0 Å². The third-order valence-electron chi connectivity index (χ3n) is 3.48. The van der Waals surface area contributed by atoms with Gasteiger partial charge in [0.15, 0.2) is 0 Å². The van der Waals surface area contributed by atoms with Crippen LogP contribution >= 0.6 is 15.9 Å². The minimum absolute atomic E-state index is 0.472. The Bertz CT molecular complexity index is 200. The molecule has 0 aromatic carbocycles. The van der Waals surface area contributed by atoms with E-state index >= 15 is 0 Å². The maximum Gasteiger partial charge on any atom is 0.0420 e. The Kier molecular flexibility index (Phi) is 1.80. The zero-order chi connectivity index (χ0) is 8.06. The molecule has 3 atom stereocenters. The minimum atomic E-state index is -0.472. The van der Waals surface area contributed by atoms with E-state index in [0.717, 1.165) is 10.7 Å². The lowest BCUT2D eigenvalue weighted by molar-refractivity contribution is 0.698. The fraction of sp³-hybridized carbons (Fsp3) is 0.778. The molecule has 2 aliphatic carbocycles. The lowest BCUT2D eigenvalue weighted by Crippen LogP contribution is -2.22. The average Bonchev–Trinajstić information content (AvgIpc) is 2.44. The molecule has 0 amide bonds. The fourth-order valence-corrected chi connectivity index (χ4v) is 5.74. The predicted octanol–water partition coefficient (Wildman–Crippen LogP) is 2.96. The molecule has 0 spiro atoms. The van der Waals surface area contributed by atoms with Crippen LogP contribution in [0.2, 0.25) is 18.1 Å². The largest absolute Gasteiger partial charge is 0.0884 e. The smallest absolute Gasteiger partial charge is 0.0420 e. The second kappa shape index (κ2) is 2.46. The summed E-state index contributed by atoms with van der Waals surface area (Å²) in [6.07, 6.45) is 7.83. The Balaban J connectivity index is 2.25. The summed E-state index contributed by atoms with van der Waals surface area (Å²) in [5, 5.41) is 0.693. The van der Waals surface area contributed by atoms with E-state index in [-0.39, 0.29) is 0 Å². The number of halogens is 1. The van der Waals surface area contributed by atoms with Crippen molar-refractivity contribution >= 4 is 24.7 Å². The van der Waals surface area contributed by atoms with Crippen LogP contribution in [0.1, 0.15) is 12.8 Å². The average molecular weight is 231 g/mol. The summed E-state index contributed by atoms with van der Waals surface area (Å²) in [7, 11) is -0.472. The Morgan fingerprint density at radius 3 is 2.45 bits per heavy atom. The van der Waals surface area contributed by atoms with Crippen LogP contribution < -0.4 is 0 Å². The Morgan fingerprint density at radius 1 is 1.45 bits per heavy atom. The molecule has 1 saturated carbocycles. The van der Waals surface area contributed by atoms with Gasteiger partial charge in [0.2, 0.25) is 0 Å². The van der Waals surface area contributed by atoms with Gasteiger partial charge in [-0.3, -0.25) is 0 Å². The van der Waals surface area contributed by atoms with Gasteiger partial charge >= 0.3 is 0 Å². The lowest BCUT2D eigenvalue weighted by atomic mass is 10.1. The third-order valence-corrected chi connectivity index (χ3v) is 7.45. The maximum atomic E-state index is 3.77. The summed E-state index contributed by atoms with van der Waals surface area (Å²) in [5.41, 5.74) is 0. The van der Waals surface area contributed by atoms with Crippen LogP contribution in [-0.4, -0.2) is 13.6 Å². The van der Waals surface area contributed by atoms with E-state index in [9.17, 15) is 0 Å². The van der Waals surface area contributed by atoms with Crippen LogP contribution in [0.5, 0.6) is 0 Å². The highest BCUT2D eigenvalue weighted by Gasteiger charge is 2.47. The molecular weight excluding hydrogens is 216 g/mol. The summed E-state index contributed by atoms with van der Waals surface area (Å²) in [6, 6.07) is 0. The molecule has 2 rings (SSSR count). The van der Waals surface area contributed by atoms with Gasteiger partial charge in [-0.1, -0.05) is 41.2 Å². The highest BCUT2D eigenvalue weighted by Crippen LogP contribution is 2.58. The molecule has 2 heteroatoms. The van der Waals surface area contributed by atoms with Gasteiger partial charge in [0.25, 0.3) is 0 Å². The molecule has 1 fully saturated rings. The summed E-state index contributed by atoms with van der Waals surface area (Å²) in [5.74, 6) is 0.866. The molecule has 0 heterocycles. The van der Waals surface area contributed by atoms with Gasteiger partial charge in [-0.15, -0.1) is 0 Å². The molecule has 0 nitrogen and oxygen atoms in total. The molecule has 3 unspecified atom stereocenters. The SMILES string of the molecule is C[SiH](C)C12C=CC(C1)C(Br)C2. The van der Waals surface area contributed by atoms with E-state index in [0.29, 0.717) is 5.04 Å². The number of hydrogen-bond acceptors (Lipinski definition) is 0. The summed E-state index contributed by atoms with van der Waals surface area (Å²) in [4.78, 5) is 0.794. The van der Waals surface area contributed by atoms with E-state index in [1.165, 1.54) is 12.8 Å². The first-order valence-corrected chi connectivity index (χ1v) is 8.28. The second-order valence-corrected chi connectivity index (χ2v) is 8.97. The van der Waals surface area contributed by atoms with Gasteiger partial charge in [-0.2, -0.15) is 0 Å². The topological polar surface area (TPSA) is 0 Å². The van der Waals surface area contributed by atoms with Crippen LogP contribution in [0.25, 0.3) is 0 Å². The van der Waals surface area contributed by atoms with Gasteiger partial charge in [0.1, 0.15) is 0 Å². The van der Waals surface area contributed by atoms with Crippen molar-refractivity contribution < 1.29 is 0 Å². The minimum Gasteiger partial charge on any atom is -0.0884 e. The molecule has 0 radical (unpaired) electrons. The lowest BCUT2D eigenvalue weighted by Gasteiger charge is -2.27. The summed E-state index contributed by atoms with van der Waals surface area (Å²) < 4.78 is 0. The van der Waals surface area contributed by atoms with Crippen molar-refractivity contribution in [2.24, 2.45) is 5.92 Å². The van der Waals surface area contributed by atoms with Crippen LogP contribution in [-0.2, 0) is 0 Å². The van der Waals surface area contributed by atoms with E-state index in [1.54, 1.807) is 0 Å². The van der Waals surface area contributed by atoms with Crippen molar-refractivity contribution in [2.75, 3.05) is 0 Å². The first-order valence-electron chi connectivity index (χ1n) is 4.47. The predicted molar refractivity (Wildman–Crippen MR) is 56.1 cm³/mol. The molecule has 2 aliphatic rings. The van der Waals surface area contributed by atoms with E-state index < -0.39 is 8.80 Å². The standard InChI is InChI=1S/C9H15BrSi/c1-11(2)9-4-3-7(5-9)8(10)6-9/h3-4,7-8,11H,5-6H2,1-2H3. The van der Waals surface area contributed by atoms with Gasteiger partial charge in [-0.25, -0.2) is 0 Å². The zero-order valence-corrected chi connectivity index (χ0v) is 9.92. The van der Waals surface area contributed by atoms with Crippen molar-refractivity contribution in [3.8, 4) is 0 Å². The van der Waals surface area contributed by atoms with Gasteiger partial charge < -0.3 is 0 Å². The molecule has 0 saturated heterocycles. The summed E-state index contributed by atoms with van der Waals surface area (Å²) in [6.45, 7) is 4.97. The van der Waals surface area contributed by atoms with Crippen molar-refractivity contribution in [3.05, 3.63) is 12.2 Å². The molecule has 2 bridgehead atoms. The second-order valence-electron chi connectivity index (χ2n) is 4.34. The Morgan fingerprint density at radius 2 is 2.18 bits per heavy atom. The number of alkyl halides is 1. The highest BCUT2D eigenvalue weighted by molar-refractivity contribution is 9.09. The molecule has 0 aliphatic heterocycles. The quantitative estimate of drug-likeness (QED) is 0.370. The van der Waals surface area contributed by atoms with Crippen molar-refractivity contribution in [3.63, 3.8) is 0 Å². The van der Waals surface area contributed by atoms with Crippen molar-refractivity contribution in [1.82, 2.24) is 0 Å². The maximum absolute atomic E-state index is 3.77.